The zero-order chi connectivity index (χ0) is 16.5. The van der Waals surface area contributed by atoms with Crippen molar-refractivity contribution in [3.05, 3.63) is 24.3 Å². The third-order valence-corrected chi connectivity index (χ3v) is 3.83. The number of hydrogen-bond acceptors (Lipinski definition) is 3. The van der Waals surface area contributed by atoms with E-state index in [0.29, 0.717) is 6.42 Å². The quantitative estimate of drug-likeness (QED) is 0.591. The van der Waals surface area contributed by atoms with Crippen LogP contribution < -0.4 is 15.8 Å². The van der Waals surface area contributed by atoms with E-state index in [9.17, 15) is 18.3 Å². The van der Waals surface area contributed by atoms with Crippen LogP contribution in [0.3, 0.4) is 0 Å². The zero-order valence-corrected chi connectivity index (χ0v) is 12.2. The normalized spacial score (nSPS) is 24.5. The smallest absolute Gasteiger partial charge is 0.404 e. The van der Waals surface area contributed by atoms with Gasteiger partial charge in [0.2, 0.25) is 0 Å². The van der Waals surface area contributed by atoms with Gasteiger partial charge in [-0.05, 0) is 18.6 Å². The highest BCUT2D eigenvalue weighted by molar-refractivity contribution is 5.93. The fraction of sp³-hybridized carbons (Fsp3) is 0.500. The minimum atomic E-state index is -4.79. The van der Waals surface area contributed by atoms with Gasteiger partial charge < -0.3 is 20.9 Å². The average Bonchev–Trinajstić information content (AvgIpc) is 2.39. The Morgan fingerprint density at radius 1 is 1.41 bits per heavy atom. The van der Waals surface area contributed by atoms with Crippen LogP contribution in [0.15, 0.2) is 29.3 Å². The number of halogens is 3. The fourth-order valence-corrected chi connectivity index (χ4v) is 2.22. The number of nitrogens with one attached hydrogen (secondary N) is 1. The average molecular weight is 317 g/mol. The number of aliphatic hydroxyl groups is 1. The highest BCUT2D eigenvalue weighted by atomic mass is 19.4. The molecule has 22 heavy (non-hydrogen) atoms. The van der Waals surface area contributed by atoms with E-state index in [-0.39, 0.29) is 23.4 Å². The van der Waals surface area contributed by atoms with Crippen LogP contribution in [0.2, 0.25) is 0 Å². The Morgan fingerprint density at radius 3 is 2.59 bits per heavy atom. The Morgan fingerprint density at radius 2 is 2.05 bits per heavy atom. The molecule has 0 spiro atoms. The molecule has 1 saturated carbocycles. The van der Waals surface area contributed by atoms with Crippen molar-refractivity contribution in [3.8, 4) is 5.75 Å². The molecule has 5 nitrogen and oxygen atoms in total. The van der Waals surface area contributed by atoms with E-state index in [4.69, 9.17) is 5.73 Å². The number of nitrogens with zero attached hydrogens (tertiary/aromatic N) is 1. The Balaban J connectivity index is 2.11. The van der Waals surface area contributed by atoms with Crippen molar-refractivity contribution >= 4 is 11.6 Å². The van der Waals surface area contributed by atoms with Crippen LogP contribution >= 0.6 is 0 Å². The molecular formula is C14H18F3N3O2. The number of aliphatic hydroxyl groups excluding tert-OH is 1. The maximum Gasteiger partial charge on any atom is 0.573 e. The largest absolute Gasteiger partial charge is 0.573 e. The van der Waals surface area contributed by atoms with Gasteiger partial charge in [0.05, 0.1) is 17.8 Å². The summed E-state index contributed by atoms with van der Waals surface area (Å²) in [6, 6.07) is 5.37. The number of ether oxygens (including phenoxy) is 1. The summed E-state index contributed by atoms with van der Waals surface area (Å²) >= 11 is 0. The molecule has 1 aliphatic rings. The monoisotopic (exact) mass is 317 g/mol. The lowest BCUT2D eigenvalue weighted by atomic mass is 9.65. The van der Waals surface area contributed by atoms with E-state index >= 15 is 0 Å². The van der Waals surface area contributed by atoms with E-state index in [1.165, 1.54) is 18.2 Å². The molecule has 2 atom stereocenters. The third-order valence-electron chi connectivity index (χ3n) is 3.83. The maximum absolute atomic E-state index is 12.3. The van der Waals surface area contributed by atoms with Crippen LogP contribution in [0, 0.1) is 5.41 Å². The molecule has 0 aromatic heterocycles. The molecule has 2 unspecified atom stereocenters. The van der Waals surface area contributed by atoms with E-state index in [0.717, 1.165) is 0 Å². The van der Waals surface area contributed by atoms with Gasteiger partial charge in [-0.25, -0.2) is 4.99 Å². The van der Waals surface area contributed by atoms with E-state index < -0.39 is 17.9 Å². The second-order valence-corrected chi connectivity index (χ2v) is 5.77. The number of para-hydroxylation sites is 2. The molecular weight excluding hydrogens is 299 g/mol. The SMILES string of the molecule is CC1(C)C(O)CC1N=C(N)Nc1ccccc1OC(F)(F)F. The molecule has 0 radical (unpaired) electrons. The predicted molar refractivity (Wildman–Crippen MR) is 76.6 cm³/mol. The number of nitrogens with two attached hydrogens (primary N) is 1. The third kappa shape index (κ3) is 3.62. The van der Waals surface area contributed by atoms with E-state index in [2.05, 4.69) is 15.0 Å². The first-order valence-corrected chi connectivity index (χ1v) is 6.73. The Labute approximate surface area is 126 Å². The molecule has 0 saturated heterocycles. The molecule has 0 amide bonds. The first kappa shape index (κ1) is 16.4. The van der Waals surface area contributed by atoms with Gasteiger partial charge in [-0.3, -0.25) is 0 Å². The molecule has 1 aromatic carbocycles. The Bertz CT molecular complexity index is 573. The van der Waals surface area contributed by atoms with Crippen LogP contribution in [-0.4, -0.2) is 29.6 Å². The standard InChI is InChI=1S/C14H18F3N3O2/c1-13(2)10(7-11(13)21)20-12(18)19-8-5-3-4-6-9(8)22-14(15,16)17/h3-6,10-11,21H,7H2,1-2H3,(H3,18,19,20). The van der Waals surface area contributed by atoms with Crippen molar-refractivity contribution in [3.63, 3.8) is 0 Å². The molecule has 4 N–H and O–H groups in total. The van der Waals surface area contributed by atoms with E-state index in [1.807, 2.05) is 13.8 Å². The summed E-state index contributed by atoms with van der Waals surface area (Å²) in [6.07, 6.45) is -4.78. The number of anilines is 1. The first-order valence-electron chi connectivity index (χ1n) is 6.73. The highest BCUT2D eigenvalue weighted by Crippen LogP contribution is 2.42. The first-order chi connectivity index (χ1) is 10.1. The Hall–Kier alpha value is -1.96. The molecule has 122 valence electrons. The molecule has 0 heterocycles. The van der Waals surface area contributed by atoms with Gasteiger partial charge in [-0.15, -0.1) is 13.2 Å². The molecule has 0 bridgehead atoms. The van der Waals surface area contributed by atoms with Crippen LogP contribution in [-0.2, 0) is 0 Å². The predicted octanol–water partition coefficient (Wildman–Crippen LogP) is 2.47. The number of rotatable bonds is 3. The molecule has 1 fully saturated rings. The molecule has 8 heteroatoms. The van der Waals surface area contributed by atoms with Crippen molar-refractivity contribution in [2.75, 3.05) is 5.32 Å². The molecule has 1 aromatic rings. The van der Waals surface area contributed by atoms with Gasteiger partial charge in [-0.2, -0.15) is 0 Å². The van der Waals surface area contributed by atoms with Gasteiger partial charge in [0.25, 0.3) is 0 Å². The number of guanidine groups is 1. The molecule has 2 rings (SSSR count). The molecule has 1 aliphatic carbocycles. The summed E-state index contributed by atoms with van der Waals surface area (Å²) in [4.78, 5) is 4.20. The number of alkyl halides is 3. The van der Waals surface area contributed by atoms with Gasteiger partial charge in [-0.1, -0.05) is 26.0 Å². The van der Waals surface area contributed by atoms with Crippen molar-refractivity contribution in [1.29, 1.82) is 0 Å². The van der Waals surface area contributed by atoms with Gasteiger partial charge >= 0.3 is 6.36 Å². The zero-order valence-electron chi connectivity index (χ0n) is 12.2. The number of hydrogen-bond donors (Lipinski definition) is 3. The summed E-state index contributed by atoms with van der Waals surface area (Å²) in [5, 5.41) is 12.3. The summed E-state index contributed by atoms with van der Waals surface area (Å²) < 4.78 is 40.9. The van der Waals surface area contributed by atoms with Crippen molar-refractivity contribution < 1.29 is 23.0 Å². The topological polar surface area (TPSA) is 79.9 Å². The number of aliphatic imine (C=N–C) groups is 1. The van der Waals surface area contributed by atoms with Crippen LogP contribution in [0.1, 0.15) is 20.3 Å². The fourth-order valence-electron chi connectivity index (χ4n) is 2.22. The van der Waals surface area contributed by atoms with Crippen molar-refractivity contribution in [1.82, 2.24) is 0 Å². The minimum Gasteiger partial charge on any atom is -0.404 e. The summed E-state index contributed by atoms with van der Waals surface area (Å²) in [5.41, 5.74) is 5.40. The lowest BCUT2D eigenvalue weighted by molar-refractivity contribution is -0.274. The lowest BCUT2D eigenvalue weighted by Gasteiger charge is -2.46. The number of benzene rings is 1. The van der Waals surface area contributed by atoms with Gasteiger partial charge in [0, 0.05) is 5.41 Å². The van der Waals surface area contributed by atoms with Crippen molar-refractivity contribution in [2.45, 2.75) is 38.8 Å². The van der Waals surface area contributed by atoms with E-state index in [1.54, 1.807) is 6.07 Å². The summed E-state index contributed by atoms with van der Waals surface area (Å²) in [5.74, 6) is -0.413. The highest BCUT2D eigenvalue weighted by Gasteiger charge is 2.47. The van der Waals surface area contributed by atoms with Crippen molar-refractivity contribution in [2.24, 2.45) is 16.1 Å². The summed E-state index contributed by atoms with van der Waals surface area (Å²) in [6.45, 7) is 3.70. The Kier molecular flexibility index (Phi) is 4.23. The van der Waals surface area contributed by atoms with Crippen LogP contribution in [0.4, 0.5) is 18.9 Å². The molecule has 0 aliphatic heterocycles. The maximum atomic E-state index is 12.3. The van der Waals surface area contributed by atoms with Crippen LogP contribution in [0.5, 0.6) is 5.75 Å². The summed E-state index contributed by atoms with van der Waals surface area (Å²) in [7, 11) is 0. The van der Waals surface area contributed by atoms with Gasteiger partial charge in [0.15, 0.2) is 11.7 Å². The minimum absolute atomic E-state index is 0.0248. The van der Waals surface area contributed by atoms with Gasteiger partial charge in [0.1, 0.15) is 0 Å². The van der Waals surface area contributed by atoms with Crippen LogP contribution in [0.25, 0.3) is 0 Å². The second kappa shape index (κ2) is 5.68. The lowest BCUT2D eigenvalue weighted by Crippen LogP contribution is -2.53. The second-order valence-electron chi connectivity index (χ2n) is 5.77.